The maximum absolute atomic E-state index is 11.6. The van der Waals surface area contributed by atoms with Crippen molar-refractivity contribution in [2.75, 3.05) is 0 Å². The van der Waals surface area contributed by atoms with Crippen LogP contribution in [0.15, 0.2) is 53.9 Å². The average Bonchev–Trinajstić information content (AvgIpc) is 2.44. The fourth-order valence-corrected chi connectivity index (χ4v) is 1.82. The van der Waals surface area contributed by atoms with Gasteiger partial charge < -0.3 is 12.4 Å². The van der Waals surface area contributed by atoms with E-state index < -0.39 is 0 Å². The number of nitrogens with zero attached hydrogens (tertiary/aromatic N) is 2. The molecular formula is C14H12Cl3N3O. The Morgan fingerprint density at radius 3 is 2.57 bits per heavy atom. The minimum atomic E-state index is -0.211. The summed E-state index contributed by atoms with van der Waals surface area (Å²) < 4.78 is 1.75. The third kappa shape index (κ3) is 5.71. The molecule has 0 radical (unpaired) electrons. The van der Waals surface area contributed by atoms with Crippen LogP contribution in [0.5, 0.6) is 0 Å². The number of amides is 1. The maximum Gasteiger partial charge on any atom is 0.305 e. The second kappa shape index (κ2) is 8.62. The van der Waals surface area contributed by atoms with Crippen molar-refractivity contribution >= 4 is 35.3 Å². The summed E-state index contributed by atoms with van der Waals surface area (Å²) >= 11 is 11.7. The van der Waals surface area contributed by atoms with Gasteiger partial charge in [-0.1, -0.05) is 35.3 Å². The summed E-state index contributed by atoms with van der Waals surface area (Å²) in [6, 6.07) is 10.7. The van der Waals surface area contributed by atoms with Crippen LogP contribution in [0.2, 0.25) is 10.0 Å². The molecular weight excluding hydrogens is 333 g/mol. The second-order valence-corrected chi connectivity index (χ2v) is 4.83. The second-order valence-electron chi connectivity index (χ2n) is 4.01. The van der Waals surface area contributed by atoms with Gasteiger partial charge in [0.2, 0.25) is 6.54 Å². The molecule has 1 aromatic heterocycles. The molecule has 0 spiro atoms. The quantitative estimate of drug-likeness (QED) is 0.451. The van der Waals surface area contributed by atoms with E-state index in [9.17, 15) is 4.79 Å². The van der Waals surface area contributed by atoms with Gasteiger partial charge in [-0.15, -0.1) is 0 Å². The van der Waals surface area contributed by atoms with Gasteiger partial charge >= 0.3 is 5.91 Å². The van der Waals surface area contributed by atoms with Gasteiger partial charge in [-0.3, -0.25) is 4.79 Å². The summed E-state index contributed by atoms with van der Waals surface area (Å²) in [5.41, 5.74) is 3.20. The normalized spacial score (nSPS) is 10.2. The van der Waals surface area contributed by atoms with Gasteiger partial charge in [0, 0.05) is 12.1 Å². The lowest BCUT2D eigenvalue weighted by molar-refractivity contribution is -0.684. The number of hydrogen-bond donors (Lipinski definition) is 1. The molecule has 0 aliphatic heterocycles. The highest BCUT2D eigenvalue weighted by Crippen LogP contribution is 2.21. The van der Waals surface area contributed by atoms with E-state index in [2.05, 4.69) is 10.5 Å². The maximum atomic E-state index is 11.6. The van der Waals surface area contributed by atoms with Crippen LogP contribution < -0.4 is 22.4 Å². The zero-order chi connectivity index (χ0) is 14.4. The third-order valence-corrected chi connectivity index (χ3v) is 3.19. The fraction of sp³-hybridized carbons (Fsp3) is 0.0714. The molecule has 0 unspecified atom stereocenters. The molecule has 1 amide bonds. The molecule has 0 saturated carbocycles. The first kappa shape index (κ1) is 17.4. The van der Waals surface area contributed by atoms with Gasteiger partial charge in [0.1, 0.15) is 0 Å². The summed E-state index contributed by atoms with van der Waals surface area (Å²) in [5, 5.41) is 4.79. The zero-order valence-corrected chi connectivity index (χ0v) is 13.1. The molecule has 7 heteroatoms. The molecule has 2 rings (SSSR count). The molecule has 0 saturated heterocycles. The zero-order valence-electron chi connectivity index (χ0n) is 10.8. The summed E-state index contributed by atoms with van der Waals surface area (Å²) in [4.78, 5) is 11.6. The predicted octanol–water partition coefficient (Wildman–Crippen LogP) is -0.565. The summed E-state index contributed by atoms with van der Waals surface area (Å²) in [6.07, 6.45) is 5.13. The van der Waals surface area contributed by atoms with Crippen molar-refractivity contribution in [3.8, 4) is 0 Å². The monoisotopic (exact) mass is 343 g/mol. The van der Waals surface area contributed by atoms with E-state index in [1.807, 2.05) is 30.6 Å². The SMILES string of the molecule is O=C(C[n+]1ccccc1)NN=Cc1ccc(Cl)c(Cl)c1.[Cl-]. The lowest BCUT2D eigenvalue weighted by Gasteiger charge is -1.98. The highest BCUT2D eigenvalue weighted by Gasteiger charge is 2.06. The Bertz CT molecular complexity index is 633. The van der Waals surface area contributed by atoms with E-state index in [-0.39, 0.29) is 24.9 Å². The third-order valence-electron chi connectivity index (χ3n) is 2.45. The molecule has 1 N–H and O–H groups in total. The molecule has 0 aliphatic rings. The number of pyridine rings is 1. The van der Waals surface area contributed by atoms with Crippen molar-refractivity contribution in [1.29, 1.82) is 0 Å². The molecule has 0 bridgehead atoms. The summed E-state index contributed by atoms with van der Waals surface area (Å²) in [6.45, 7) is 0.208. The van der Waals surface area contributed by atoms with Crippen LogP contribution in [0.1, 0.15) is 5.56 Å². The van der Waals surface area contributed by atoms with Crippen LogP contribution in [-0.4, -0.2) is 12.1 Å². The van der Waals surface area contributed by atoms with Gasteiger partial charge in [-0.25, -0.2) is 5.43 Å². The number of aromatic nitrogens is 1. The van der Waals surface area contributed by atoms with Crippen LogP contribution in [0.4, 0.5) is 0 Å². The van der Waals surface area contributed by atoms with Crippen molar-refractivity contribution in [2.24, 2.45) is 5.10 Å². The molecule has 0 aliphatic carbocycles. The molecule has 0 fully saturated rings. The number of halogens is 3. The number of nitrogens with one attached hydrogen (secondary N) is 1. The van der Waals surface area contributed by atoms with Gasteiger partial charge in [0.15, 0.2) is 12.4 Å². The number of hydrogen-bond acceptors (Lipinski definition) is 2. The minimum Gasteiger partial charge on any atom is -1.00 e. The molecule has 1 heterocycles. The first-order chi connectivity index (χ1) is 9.65. The average molecular weight is 345 g/mol. The molecule has 110 valence electrons. The minimum absolute atomic E-state index is 0. The van der Waals surface area contributed by atoms with Crippen molar-refractivity contribution in [1.82, 2.24) is 5.43 Å². The molecule has 2 aromatic rings. The largest absolute Gasteiger partial charge is 1.00 e. The van der Waals surface area contributed by atoms with Crippen molar-refractivity contribution < 1.29 is 21.8 Å². The number of carbonyl (C=O) groups excluding carboxylic acids is 1. The highest BCUT2D eigenvalue weighted by molar-refractivity contribution is 6.42. The van der Waals surface area contributed by atoms with Crippen LogP contribution in [0.25, 0.3) is 0 Å². The van der Waals surface area contributed by atoms with Gasteiger partial charge in [-0.05, 0) is 17.7 Å². The number of benzene rings is 1. The number of rotatable bonds is 4. The molecule has 0 atom stereocenters. The van der Waals surface area contributed by atoms with Crippen LogP contribution in [0.3, 0.4) is 0 Å². The van der Waals surface area contributed by atoms with Crippen LogP contribution >= 0.6 is 23.2 Å². The summed E-state index contributed by atoms with van der Waals surface area (Å²) in [5.74, 6) is -0.211. The molecule has 4 nitrogen and oxygen atoms in total. The molecule has 1 aromatic carbocycles. The first-order valence-corrected chi connectivity index (χ1v) is 6.62. The van der Waals surface area contributed by atoms with E-state index >= 15 is 0 Å². The van der Waals surface area contributed by atoms with E-state index in [0.29, 0.717) is 10.0 Å². The van der Waals surface area contributed by atoms with E-state index in [1.54, 1.807) is 22.8 Å². The Labute approximate surface area is 138 Å². The van der Waals surface area contributed by atoms with Crippen LogP contribution in [-0.2, 0) is 11.3 Å². The van der Waals surface area contributed by atoms with Crippen molar-refractivity contribution in [2.45, 2.75) is 6.54 Å². The van der Waals surface area contributed by atoms with Crippen molar-refractivity contribution in [3.05, 3.63) is 64.4 Å². The smallest absolute Gasteiger partial charge is 0.305 e. The lowest BCUT2D eigenvalue weighted by atomic mass is 10.2. The first-order valence-electron chi connectivity index (χ1n) is 5.86. The Balaban J connectivity index is 0.00000220. The van der Waals surface area contributed by atoms with E-state index in [1.165, 1.54) is 6.21 Å². The van der Waals surface area contributed by atoms with E-state index in [4.69, 9.17) is 23.2 Å². The standard InChI is InChI=1S/C14H11Cl2N3O.ClH/c15-12-5-4-11(8-13(12)16)9-17-18-14(20)10-19-6-2-1-3-7-19;/h1-9H,10H2;1H. The van der Waals surface area contributed by atoms with Gasteiger partial charge in [-0.2, -0.15) is 9.67 Å². The Morgan fingerprint density at radius 1 is 1.19 bits per heavy atom. The van der Waals surface area contributed by atoms with E-state index in [0.717, 1.165) is 5.56 Å². The van der Waals surface area contributed by atoms with Gasteiger partial charge in [0.05, 0.1) is 16.3 Å². The lowest BCUT2D eigenvalue weighted by Crippen LogP contribution is -3.00. The highest BCUT2D eigenvalue weighted by atomic mass is 35.5. The van der Waals surface area contributed by atoms with Crippen LogP contribution in [0, 0.1) is 0 Å². The fourth-order valence-electron chi connectivity index (χ4n) is 1.51. The Hall–Kier alpha value is -1.62. The number of hydrazone groups is 1. The van der Waals surface area contributed by atoms with Crippen molar-refractivity contribution in [3.63, 3.8) is 0 Å². The van der Waals surface area contributed by atoms with Gasteiger partial charge in [0.25, 0.3) is 0 Å². The summed E-state index contributed by atoms with van der Waals surface area (Å²) in [7, 11) is 0. The number of carbonyl (C=O) groups is 1. The topological polar surface area (TPSA) is 45.3 Å². The predicted molar refractivity (Wildman–Crippen MR) is 78.8 cm³/mol. The Morgan fingerprint density at radius 2 is 1.90 bits per heavy atom. The molecule has 21 heavy (non-hydrogen) atoms. The Kier molecular flexibility index (Phi) is 7.15.